The molecule has 25 heavy (non-hydrogen) atoms. The number of halogens is 1. The molecule has 2 aromatic rings. The summed E-state index contributed by atoms with van der Waals surface area (Å²) in [5, 5.41) is 3.73. The third kappa shape index (κ3) is 3.28. The van der Waals surface area contributed by atoms with Gasteiger partial charge >= 0.3 is 0 Å². The van der Waals surface area contributed by atoms with Crippen molar-refractivity contribution in [3.05, 3.63) is 34.0 Å². The van der Waals surface area contributed by atoms with Crippen molar-refractivity contribution < 1.29 is 9.59 Å². The molecule has 2 heterocycles. The first-order chi connectivity index (χ1) is 11.6. The molecule has 1 aliphatic heterocycles. The minimum Gasteiger partial charge on any atom is -0.329 e. The van der Waals surface area contributed by atoms with Crippen LogP contribution in [0.3, 0.4) is 0 Å². The van der Waals surface area contributed by atoms with Crippen LogP contribution in [0.25, 0.3) is 10.4 Å². The lowest BCUT2D eigenvalue weighted by Crippen LogP contribution is -2.41. The average Bonchev–Trinajstić information content (AvgIpc) is 2.98. The van der Waals surface area contributed by atoms with Crippen molar-refractivity contribution in [3.63, 3.8) is 0 Å². The number of thiazole rings is 1. The van der Waals surface area contributed by atoms with Crippen LogP contribution in [0.15, 0.2) is 12.1 Å². The van der Waals surface area contributed by atoms with Crippen LogP contribution in [0.4, 0.5) is 5.13 Å². The number of hydrogen-bond donors (Lipinski definition) is 1. The lowest BCUT2D eigenvalue weighted by Gasteiger charge is -2.31. The van der Waals surface area contributed by atoms with Crippen molar-refractivity contribution in [1.29, 1.82) is 0 Å². The molecule has 0 bridgehead atoms. The van der Waals surface area contributed by atoms with Gasteiger partial charge in [-0.2, -0.15) is 0 Å². The molecule has 132 valence electrons. The van der Waals surface area contributed by atoms with Crippen LogP contribution in [0.2, 0.25) is 5.02 Å². The second kappa shape index (κ2) is 6.11. The van der Waals surface area contributed by atoms with E-state index in [1.165, 1.54) is 18.3 Å². The molecule has 2 amide bonds. The zero-order valence-electron chi connectivity index (χ0n) is 14.9. The number of nitrogens with one attached hydrogen (secondary N) is 1. The van der Waals surface area contributed by atoms with Crippen molar-refractivity contribution in [2.75, 3.05) is 5.32 Å². The van der Waals surface area contributed by atoms with Gasteiger partial charge < -0.3 is 10.2 Å². The van der Waals surface area contributed by atoms with Gasteiger partial charge in [0.1, 0.15) is 0 Å². The molecule has 0 unspecified atom stereocenters. The maximum atomic E-state index is 12.7. The van der Waals surface area contributed by atoms with Gasteiger partial charge in [-0.1, -0.05) is 22.9 Å². The molecule has 0 aliphatic carbocycles. The van der Waals surface area contributed by atoms with Gasteiger partial charge in [0.05, 0.1) is 21.2 Å². The Kier molecular flexibility index (Phi) is 4.37. The normalized spacial score (nSPS) is 14.0. The number of carbonyl (C=O) groups is 2. The summed E-state index contributed by atoms with van der Waals surface area (Å²) in [6, 6.07) is 3.81. The monoisotopic (exact) mass is 377 g/mol. The van der Waals surface area contributed by atoms with Crippen LogP contribution in [-0.2, 0) is 11.3 Å². The zero-order valence-corrected chi connectivity index (χ0v) is 16.4. The van der Waals surface area contributed by atoms with E-state index in [0.717, 1.165) is 21.7 Å². The minimum absolute atomic E-state index is 0.0287. The van der Waals surface area contributed by atoms with E-state index in [4.69, 9.17) is 11.6 Å². The number of nitrogens with zero attached hydrogens (tertiary/aromatic N) is 2. The second-order valence-electron chi connectivity index (χ2n) is 7.17. The zero-order chi connectivity index (χ0) is 18.5. The molecule has 1 N–H and O–H groups in total. The SMILES string of the molecule is CC(=O)Nc1nc(C)c(-c2cc(Cl)c3c(c2)CN(C(C)(C)C)C3=O)s1. The van der Waals surface area contributed by atoms with Gasteiger partial charge in [-0.3, -0.25) is 9.59 Å². The van der Waals surface area contributed by atoms with E-state index in [9.17, 15) is 9.59 Å². The van der Waals surface area contributed by atoms with E-state index in [1.807, 2.05) is 44.7 Å². The van der Waals surface area contributed by atoms with Crippen LogP contribution >= 0.6 is 22.9 Å². The van der Waals surface area contributed by atoms with Crippen LogP contribution in [0.5, 0.6) is 0 Å². The summed E-state index contributed by atoms with van der Waals surface area (Å²) < 4.78 is 0. The Hall–Kier alpha value is -1.92. The predicted molar refractivity (Wildman–Crippen MR) is 101 cm³/mol. The van der Waals surface area contributed by atoms with Gasteiger partial charge in [0, 0.05) is 19.0 Å². The van der Waals surface area contributed by atoms with E-state index < -0.39 is 0 Å². The van der Waals surface area contributed by atoms with Crippen molar-refractivity contribution in [3.8, 4) is 10.4 Å². The molecule has 3 rings (SSSR count). The van der Waals surface area contributed by atoms with Crippen LogP contribution in [-0.4, -0.2) is 27.2 Å². The minimum atomic E-state index is -0.265. The van der Waals surface area contributed by atoms with E-state index in [1.54, 1.807) is 0 Å². The quantitative estimate of drug-likeness (QED) is 0.838. The van der Waals surface area contributed by atoms with Crippen molar-refractivity contribution in [2.45, 2.75) is 46.7 Å². The molecule has 7 heteroatoms. The number of aryl methyl sites for hydroxylation is 1. The first-order valence-electron chi connectivity index (χ1n) is 7.97. The smallest absolute Gasteiger partial charge is 0.256 e. The van der Waals surface area contributed by atoms with Crippen LogP contribution in [0, 0.1) is 6.92 Å². The van der Waals surface area contributed by atoms with E-state index >= 15 is 0 Å². The maximum Gasteiger partial charge on any atom is 0.256 e. The molecular formula is C18H20ClN3O2S. The number of hydrogen-bond acceptors (Lipinski definition) is 4. The fraction of sp³-hybridized carbons (Fsp3) is 0.389. The van der Waals surface area contributed by atoms with Gasteiger partial charge in [0.2, 0.25) is 5.91 Å². The number of benzene rings is 1. The van der Waals surface area contributed by atoms with Crippen molar-refractivity contribution in [2.24, 2.45) is 0 Å². The fourth-order valence-electron chi connectivity index (χ4n) is 2.95. The van der Waals surface area contributed by atoms with Crippen LogP contribution in [0.1, 0.15) is 49.3 Å². The molecular weight excluding hydrogens is 358 g/mol. The number of amides is 2. The largest absolute Gasteiger partial charge is 0.329 e. The van der Waals surface area contributed by atoms with E-state index in [0.29, 0.717) is 22.3 Å². The highest BCUT2D eigenvalue weighted by molar-refractivity contribution is 7.19. The van der Waals surface area contributed by atoms with Gasteiger partial charge in [0.25, 0.3) is 5.91 Å². The third-order valence-electron chi connectivity index (χ3n) is 4.11. The first-order valence-corrected chi connectivity index (χ1v) is 9.17. The number of rotatable bonds is 2. The molecule has 0 saturated carbocycles. The topological polar surface area (TPSA) is 62.3 Å². The van der Waals surface area contributed by atoms with Gasteiger partial charge in [-0.05, 0) is 51.0 Å². The van der Waals surface area contributed by atoms with Crippen molar-refractivity contribution >= 4 is 39.9 Å². The Labute approximate surface area is 156 Å². The van der Waals surface area contributed by atoms with Gasteiger partial charge in [-0.25, -0.2) is 4.98 Å². The lowest BCUT2D eigenvalue weighted by atomic mass is 10.0. The van der Waals surface area contributed by atoms with E-state index in [-0.39, 0.29) is 17.4 Å². The second-order valence-corrected chi connectivity index (χ2v) is 8.58. The van der Waals surface area contributed by atoms with E-state index in [2.05, 4.69) is 10.3 Å². The number of fused-ring (bicyclic) bond motifs is 1. The van der Waals surface area contributed by atoms with Gasteiger partial charge in [0.15, 0.2) is 5.13 Å². The van der Waals surface area contributed by atoms with Crippen molar-refractivity contribution in [1.82, 2.24) is 9.88 Å². The Balaban J connectivity index is 2.03. The molecule has 0 atom stereocenters. The van der Waals surface area contributed by atoms with Crippen LogP contribution < -0.4 is 5.32 Å². The number of aromatic nitrogens is 1. The lowest BCUT2D eigenvalue weighted by molar-refractivity contribution is -0.114. The summed E-state index contributed by atoms with van der Waals surface area (Å²) in [4.78, 5) is 31.1. The average molecular weight is 378 g/mol. The summed E-state index contributed by atoms with van der Waals surface area (Å²) >= 11 is 7.85. The summed E-state index contributed by atoms with van der Waals surface area (Å²) in [6.45, 7) is 9.93. The molecule has 1 aliphatic rings. The summed E-state index contributed by atoms with van der Waals surface area (Å²) in [7, 11) is 0. The third-order valence-corrected chi connectivity index (χ3v) is 5.53. The summed E-state index contributed by atoms with van der Waals surface area (Å²) in [5.74, 6) is -0.183. The fourth-order valence-corrected chi connectivity index (χ4v) is 4.27. The first kappa shape index (κ1) is 17.9. The molecule has 0 saturated heterocycles. The molecule has 0 radical (unpaired) electrons. The molecule has 0 fully saturated rings. The summed E-state index contributed by atoms with van der Waals surface area (Å²) in [6.07, 6.45) is 0. The Bertz CT molecular complexity index is 883. The highest BCUT2D eigenvalue weighted by Gasteiger charge is 2.36. The Morgan fingerprint density at radius 1 is 1.36 bits per heavy atom. The maximum absolute atomic E-state index is 12.7. The molecule has 1 aromatic heterocycles. The Morgan fingerprint density at radius 3 is 2.64 bits per heavy atom. The molecule has 1 aromatic carbocycles. The highest BCUT2D eigenvalue weighted by atomic mass is 35.5. The highest BCUT2D eigenvalue weighted by Crippen LogP contribution is 2.40. The molecule has 5 nitrogen and oxygen atoms in total. The Morgan fingerprint density at radius 2 is 2.04 bits per heavy atom. The standard InChI is InChI=1S/C18H20ClN3O2S/c1-9-15(25-17(20-9)21-10(2)23)11-6-12-8-22(18(3,4)5)16(24)14(12)13(19)7-11/h6-7H,8H2,1-5H3,(H,20,21,23). The number of anilines is 1. The van der Waals surface area contributed by atoms with Gasteiger partial charge in [-0.15, -0.1) is 0 Å². The number of carbonyl (C=O) groups excluding carboxylic acids is 2. The predicted octanol–water partition coefficient (Wildman–Crippen LogP) is 4.48. The molecule has 0 spiro atoms. The summed E-state index contributed by atoms with van der Waals surface area (Å²) in [5.41, 5.74) is 2.99.